The van der Waals surface area contributed by atoms with Crippen molar-refractivity contribution >= 4 is 51.5 Å². The third kappa shape index (κ3) is 4.15. The molecule has 0 aliphatic carbocycles. The summed E-state index contributed by atoms with van der Waals surface area (Å²) in [5.41, 5.74) is 2.76. The monoisotopic (exact) mass is 494 g/mol. The molecule has 9 heteroatoms. The van der Waals surface area contributed by atoms with E-state index >= 15 is 0 Å². The number of thioether (sulfide) groups is 1. The summed E-state index contributed by atoms with van der Waals surface area (Å²) >= 11 is 13.5. The minimum absolute atomic E-state index is 0.151. The fourth-order valence-electron chi connectivity index (χ4n) is 3.63. The van der Waals surface area contributed by atoms with Crippen LogP contribution in [0.2, 0.25) is 10.0 Å². The summed E-state index contributed by atoms with van der Waals surface area (Å²) in [5, 5.41) is 1.98. The van der Waals surface area contributed by atoms with E-state index in [4.69, 9.17) is 28.2 Å². The molecular formula is C24H16Cl2N4O2S. The molecule has 0 fully saturated rings. The molecule has 0 bridgehead atoms. The Labute approximate surface area is 202 Å². The third-order valence-corrected chi connectivity index (χ3v) is 6.63. The van der Waals surface area contributed by atoms with Crippen LogP contribution in [-0.4, -0.2) is 18.9 Å². The maximum Gasteiger partial charge on any atom is 0.266 e. The zero-order valence-electron chi connectivity index (χ0n) is 17.3. The van der Waals surface area contributed by atoms with Crippen molar-refractivity contribution in [3.63, 3.8) is 0 Å². The average Bonchev–Trinajstić information content (AvgIpc) is 2.78. The normalized spacial score (nSPS) is 11.4. The van der Waals surface area contributed by atoms with E-state index in [1.165, 1.54) is 22.4 Å². The standard InChI is InChI=1S/C24H16Cl2N4O2S/c1-14-3-2-4-21-27-17(12-22(31)29(14)21)13-33-24-28-20-11-16(26)7-10-19(20)23(32)30(24)18-8-5-15(25)6-9-18/h2-12H,13H2,1H3. The van der Waals surface area contributed by atoms with E-state index in [0.717, 1.165) is 5.69 Å². The SMILES string of the molecule is Cc1cccc2nc(CSc3nc4cc(Cl)ccc4c(=O)n3-c3ccc(Cl)cc3)cc(=O)n12. The summed E-state index contributed by atoms with van der Waals surface area (Å²) in [4.78, 5) is 35.3. The number of fused-ring (bicyclic) bond motifs is 2. The Balaban J connectivity index is 1.62. The largest absolute Gasteiger partial charge is 0.269 e. The second-order valence-corrected chi connectivity index (χ2v) is 9.22. The highest BCUT2D eigenvalue weighted by molar-refractivity contribution is 7.98. The Bertz CT molecular complexity index is 1650. The van der Waals surface area contributed by atoms with Crippen molar-refractivity contribution in [3.8, 4) is 5.69 Å². The van der Waals surface area contributed by atoms with E-state index in [0.29, 0.717) is 48.9 Å². The molecule has 5 aromatic rings. The van der Waals surface area contributed by atoms with Crippen molar-refractivity contribution in [1.82, 2.24) is 18.9 Å². The lowest BCUT2D eigenvalue weighted by Gasteiger charge is -2.13. The van der Waals surface area contributed by atoms with Crippen LogP contribution < -0.4 is 11.1 Å². The predicted molar refractivity (Wildman–Crippen MR) is 133 cm³/mol. The lowest BCUT2D eigenvalue weighted by molar-refractivity contribution is 0.819. The topological polar surface area (TPSA) is 69.3 Å². The first-order valence-corrected chi connectivity index (χ1v) is 11.7. The number of aryl methyl sites for hydroxylation is 1. The fraction of sp³-hybridized carbons (Fsp3) is 0.0833. The van der Waals surface area contributed by atoms with E-state index in [2.05, 4.69) is 4.98 Å². The van der Waals surface area contributed by atoms with E-state index in [-0.39, 0.29) is 11.1 Å². The van der Waals surface area contributed by atoms with Crippen molar-refractivity contribution in [3.05, 3.63) is 109 Å². The highest BCUT2D eigenvalue weighted by atomic mass is 35.5. The zero-order chi connectivity index (χ0) is 23.1. The number of aromatic nitrogens is 4. The molecule has 5 rings (SSSR count). The van der Waals surface area contributed by atoms with Gasteiger partial charge in [-0.05, 0) is 61.5 Å². The molecule has 0 radical (unpaired) electrons. The van der Waals surface area contributed by atoms with Crippen molar-refractivity contribution in [2.45, 2.75) is 17.8 Å². The molecule has 0 unspecified atom stereocenters. The first-order valence-electron chi connectivity index (χ1n) is 10.00. The van der Waals surface area contributed by atoms with Crippen LogP contribution in [0.25, 0.3) is 22.2 Å². The molecule has 0 saturated heterocycles. The molecular weight excluding hydrogens is 479 g/mol. The second kappa shape index (κ2) is 8.67. The van der Waals surface area contributed by atoms with Crippen LogP contribution in [0.1, 0.15) is 11.4 Å². The lowest BCUT2D eigenvalue weighted by Crippen LogP contribution is -2.22. The quantitative estimate of drug-likeness (QED) is 0.250. The minimum Gasteiger partial charge on any atom is -0.269 e. The summed E-state index contributed by atoms with van der Waals surface area (Å²) in [6.07, 6.45) is 0. The molecule has 0 saturated carbocycles. The van der Waals surface area contributed by atoms with E-state index < -0.39 is 0 Å². The maximum atomic E-state index is 13.4. The predicted octanol–water partition coefficient (Wildman–Crippen LogP) is 5.30. The summed E-state index contributed by atoms with van der Waals surface area (Å²) in [6.45, 7) is 1.86. The molecule has 0 N–H and O–H groups in total. The van der Waals surface area contributed by atoms with Gasteiger partial charge < -0.3 is 0 Å². The van der Waals surface area contributed by atoms with E-state index in [1.807, 2.05) is 19.1 Å². The van der Waals surface area contributed by atoms with Gasteiger partial charge in [0.15, 0.2) is 5.16 Å². The van der Waals surface area contributed by atoms with E-state index in [9.17, 15) is 9.59 Å². The number of rotatable bonds is 4. The van der Waals surface area contributed by atoms with Crippen molar-refractivity contribution in [2.24, 2.45) is 0 Å². The van der Waals surface area contributed by atoms with Crippen LogP contribution in [0.5, 0.6) is 0 Å². The first-order chi connectivity index (χ1) is 15.9. The van der Waals surface area contributed by atoms with Crippen molar-refractivity contribution < 1.29 is 0 Å². The molecule has 3 aromatic heterocycles. The van der Waals surface area contributed by atoms with Gasteiger partial charge in [0.1, 0.15) is 5.65 Å². The number of pyridine rings is 1. The van der Waals surface area contributed by atoms with Gasteiger partial charge in [-0.1, -0.05) is 41.0 Å². The Kier molecular flexibility index (Phi) is 5.70. The molecule has 164 valence electrons. The van der Waals surface area contributed by atoms with Gasteiger partial charge >= 0.3 is 0 Å². The Hall–Kier alpha value is -3.13. The number of nitrogens with zero attached hydrogens (tertiary/aromatic N) is 4. The maximum absolute atomic E-state index is 13.4. The highest BCUT2D eigenvalue weighted by Crippen LogP contribution is 2.26. The van der Waals surface area contributed by atoms with Gasteiger partial charge in [0.2, 0.25) is 0 Å². The summed E-state index contributed by atoms with van der Waals surface area (Å²) in [7, 11) is 0. The molecule has 6 nitrogen and oxygen atoms in total. The number of hydrogen-bond acceptors (Lipinski definition) is 5. The van der Waals surface area contributed by atoms with Gasteiger partial charge in [0.25, 0.3) is 11.1 Å². The number of halogens is 2. The molecule has 0 spiro atoms. The van der Waals surface area contributed by atoms with Crippen LogP contribution >= 0.6 is 35.0 Å². The molecule has 0 atom stereocenters. The van der Waals surface area contributed by atoms with Crippen molar-refractivity contribution in [2.75, 3.05) is 0 Å². The Morgan fingerprint density at radius 1 is 0.909 bits per heavy atom. The van der Waals surface area contributed by atoms with Gasteiger partial charge in [-0.3, -0.25) is 18.6 Å². The van der Waals surface area contributed by atoms with Gasteiger partial charge in [-0.25, -0.2) is 9.97 Å². The van der Waals surface area contributed by atoms with Crippen LogP contribution in [-0.2, 0) is 5.75 Å². The highest BCUT2D eigenvalue weighted by Gasteiger charge is 2.15. The van der Waals surface area contributed by atoms with Gasteiger partial charge in [-0.15, -0.1) is 0 Å². The molecule has 0 aliphatic rings. The molecule has 3 heterocycles. The van der Waals surface area contributed by atoms with Gasteiger partial charge in [0.05, 0.1) is 22.3 Å². The molecule has 2 aromatic carbocycles. The number of hydrogen-bond donors (Lipinski definition) is 0. The zero-order valence-corrected chi connectivity index (χ0v) is 19.7. The summed E-state index contributed by atoms with van der Waals surface area (Å²) in [5.74, 6) is 0.353. The average molecular weight is 495 g/mol. The smallest absolute Gasteiger partial charge is 0.266 e. The fourth-order valence-corrected chi connectivity index (χ4v) is 4.83. The Morgan fingerprint density at radius 3 is 2.45 bits per heavy atom. The van der Waals surface area contributed by atoms with Gasteiger partial charge in [-0.2, -0.15) is 0 Å². The minimum atomic E-state index is -0.219. The molecule has 33 heavy (non-hydrogen) atoms. The lowest BCUT2D eigenvalue weighted by atomic mass is 10.2. The van der Waals surface area contributed by atoms with E-state index in [1.54, 1.807) is 52.9 Å². The Morgan fingerprint density at radius 2 is 1.67 bits per heavy atom. The molecule has 0 aliphatic heterocycles. The molecule has 0 amide bonds. The second-order valence-electron chi connectivity index (χ2n) is 7.41. The van der Waals surface area contributed by atoms with Crippen LogP contribution in [0, 0.1) is 6.92 Å². The number of benzene rings is 2. The summed E-state index contributed by atoms with van der Waals surface area (Å²) in [6, 6.07) is 19.0. The first kappa shape index (κ1) is 21.7. The summed E-state index contributed by atoms with van der Waals surface area (Å²) < 4.78 is 3.10. The van der Waals surface area contributed by atoms with Crippen LogP contribution in [0.3, 0.4) is 0 Å². The third-order valence-electron chi connectivity index (χ3n) is 5.17. The van der Waals surface area contributed by atoms with Gasteiger partial charge in [0, 0.05) is 27.6 Å². The van der Waals surface area contributed by atoms with Crippen molar-refractivity contribution in [1.29, 1.82) is 0 Å². The van der Waals surface area contributed by atoms with Crippen LogP contribution in [0.4, 0.5) is 0 Å². The van der Waals surface area contributed by atoms with Crippen LogP contribution in [0.15, 0.2) is 81.5 Å².